The Labute approximate surface area is 89.7 Å². The molecule has 1 aliphatic rings. The summed E-state index contributed by atoms with van der Waals surface area (Å²) in [6.07, 6.45) is 8.45. The molecule has 0 heterocycles. The van der Waals surface area contributed by atoms with E-state index >= 15 is 0 Å². The molecular formula is C13H27N. The first-order valence-electron chi connectivity index (χ1n) is 6.26. The molecule has 1 N–H and O–H groups in total. The van der Waals surface area contributed by atoms with Crippen molar-refractivity contribution in [3.05, 3.63) is 0 Å². The highest BCUT2D eigenvalue weighted by Crippen LogP contribution is 2.41. The highest BCUT2D eigenvalue weighted by molar-refractivity contribution is 4.90. The van der Waals surface area contributed by atoms with E-state index in [0.29, 0.717) is 5.41 Å². The van der Waals surface area contributed by atoms with Crippen molar-refractivity contribution in [1.29, 1.82) is 0 Å². The molecule has 0 aromatic carbocycles. The van der Waals surface area contributed by atoms with Crippen molar-refractivity contribution in [3.8, 4) is 0 Å². The van der Waals surface area contributed by atoms with Crippen molar-refractivity contribution in [1.82, 2.24) is 5.32 Å². The van der Waals surface area contributed by atoms with Gasteiger partial charge in [0.15, 0.2) is 0 Å². The minimum atomic E-state index is 0.587. The van der Waals surface area contributed by atoms with Crippen LogP contribution in [0.5, 0.6) is 0 Å². The summed E-state index contributed by atoms with van der Waals surface area (Å²) in [5, 5.41) is 3.54. The Morgan fingerprint density at radius 2 is 1.71 bits per heavy atom. The first-order chi connectivity index (χ1) is 6.58. The lowest BCUT2D eigenvalue weighted by atomic mass is 9.78. The first kappa shape index (κ1) is 12.0. The van der Waals surface area contributed by atoms with Gasteiger partial charge in [-0.1, -0.05) is 33.6 Å². The van der Waals surface area contributed by atoms with Gasteiger partial charge in [-0.05, 0) is 44.1 Å². The van der Waals surface area contributed by atoms with Crippen molar-refractivity contribution in [2.45, 2.75) is 65.3 Å². The van der Waals surface area contributed by atoms with Crippen LogP contribution in [0.4, 0.5) is 0 Å². The van der Waals surface area contributed by atoms with E-state index in [2.05, 4.69) is 33.1 Å². The highest BCUT2D eigenvalue weighted by atomic mass is 14.9. The summed E-state index contributed by atoms with van der Waals surface area (Å²) in [4.78, 5) is 0. The fourth-order valence-electron chi connectivity index (χ4n) is 2.87. The van der Waals surface area contributed by atoms with Crippen molar-refractivity contribution in [2.24, 2.45) is 11.3 Å². The average molecular weight is 197 g/mol. The molecule has 0 saturated heterocycles. The summed E-state index contributed by atoms with van der Waals surface area (Å²) in [6.45, 7) is 7.12. The summed E-state index contributed by atoms with van der Waals surface area (Å²) in [5.74, 6) is 0.843. The van der Waals surface area contributed by atoms with E-state index in [4.69, 9.17) is 0 Å². The summed E-state index contributed by atoms with van der Waals surface area (Å²) in [5.41, 5.74) is 0.587. The van der Waals surface area contributed by atoms with Gasteiger partial charge >= 0.3 is 0 Å². The maximum absolute atomic E-state index is 3.54. The van der Waals surface area contributed by atoms with E-state index in [0.717, 1.165) is 12.0 Å². The molecule has 1 rings (SSSR count). The van der Waals surface area contributed by atoms with Crippen LogP contribution >= 0.6 is 0 Å². The second kappa shape index (κ2) is 5.16. The fraction of sp³-hybridized carbons (Fsp3) is 1.00. The fourth-order valence-corrected chi connectivity index (χ4v) is 2.87. The lowest BCUT2D eigenvalue weighted by molar-refractivity contribution is 0.211. The third-order valence-corrected chi connectivity index (χ3v) is 3.97. The van der Waals surface area contributed by atoms with Crippen LogP contribution in [0.1, 0.15) is 59.3 Å². The zero-order chi connectivity index (χ0) is 10.6. The van der Waals surface area contributed by atoms with E-state index in [1.807, 2.05) is 0 Å². The van der Waals surface area contributed by atoms with Crippen LogP contribution < -0.4 is 5.32 Å². The van der Waals surface area contributed by atoms with Gasteiger partial charge in [0, 0.05) is 6.04 Å². The third kappa shape index (κ3) is 2.98. The van der Waals surface area contributed by atoms with Gasteiger partial charge in [0.2, 0.25) is 0 Å². The molecule has 1 unspecified atom stereocenters. The standard InChI is InChI=1S/C13H27N/c1-11(2)7-8-12(14-4)13(3)9-5-6-10-13/h11-12,14H,5-10H2,1-4H3. The lowest BCUT2D eigenvalue weighted by Crippen LogP contribution is -2.40. The van der Waals surface area contributed by atoms with Crippen molar-refractivity contribution in [2.75, 3.05) is 7.05 Å². The molecule has 1 nitrogen and oxygen atoms in total. The van der Waals surface area contributed by atoms with Gasteiger partial charge in [-0.25, -0.2) is 0 Å². The zero-order valence-electron chi connectivity index (χ0n) is 10.4. The summed E-state index contributed by atoms with van der Waals surface area (Å²) >= 11 is 0. The molecular weight excluding hydrogens is 170 g/mol. The highest BCUT2D eigenvalue weighted by Gasteiger charge is 2.35. The van der Waals surface area contributed by atoms with Crippen LogP contribution in [0.3, 0.4) is 0 Å². The predicted octanol–water partition coefficient (Wildman–Crippen LogP) is 3.59. The Morgan fingerprint density at radius 3 is 2.14 bits per heavy atom. The largest absolute Gasteiger partial charge is 0.316 e. The predicted molar refractivity (Wildman–Crippen MR) is 63.5 cm³/mol. The Kier molecular flexibility index (Phi) is 4.43. The minimum Gasteiger partial charge on any atom is -0.316 e. The van der Waals surface area contributed by atoms with Crippen LogP contribution in [0, 0.1) is 11.3 Å². The summed E-state index contributed by atoms with van der Waals surface area (Å²) in [6, 6.07) is 0.743. The molecule has 0 aromatic rings. The van der Waals surface area contributed by atoms with Crippen LogP contribution in [0.15, 0.2) is 0 Å². The molecule has 0 amide bonds. The first-order valence-corrected chi connectivity index (χ1v) is 6.26. The summed E-state index contributed by atoms with van der Waals surface area (Å²) in [7, 11) is 2.13. The molecule has 1 saturated carbocycles. The third-order valence-electron chi connectivity index (χ3n) is 3.97. The minimum absolute atomic E-state index is 0.587. The van der Waals surface area contributed by atoms with Crippen molar-refractivity contribution in [3.63, 3.8) is 0 Å². The molecule has 1 fully saturated rings. The number of hydrogen-bond donors (Lipinski definition) is 1. The van der Waals surface area contributed by atoms with E-state index in [-0.39, 0.29) is 0 Å². The van der Waals surface area contributed by atoms with Gasteiger partial charge in [0.25, 0.3) is 0 Å². The van der Waals surface area contributed by atoms with Crippen LogP contribution in [-0.2, 0) is 0 Å². The van der Waals surface area contributed by atoms with E-state index in [1.54, 1.807) is 0 Å². The molecule has 0 aromatic heterocycles. The van der Waals surface area contributed by atoms with E-state index < -0.39 is 0 Å². The molecule has 0 radical (unpaired) electrons. The van der Waals surface area contributed by atoms with Crippen LogP contribution in [0.25, 0.3) is 0 Å². The van der Waals surface area contributed by atoms with Crippen LogP contribution in [-0.4, -0.2) is 13.1 Å². The smallest absolute Gasteiger partial charge is 0.0118 e. The Balaban J connectivity index is 2.43. The Morgan fingerprint density at radius 1 is 1.14 bits per heavy atom. The number of rotatable bonds is 5. The van der Waals surface area contributed by atoms with Gasteiger partial charge in [0.1, 0.15) is 0 Å². The van der Waals surface area contributed by atoms with Gasteiger partial charge in [-0.2, -0.15) is 0 Å². The van der Waals surface area contributed by atoms with Gasteiger partial charge in [-0.3, -0.25) is 0 Å². The zero-order valence-corrected chi connectivity index (χ0v) is 10.4. The average Bonchev–Trinajstić information content (AvgIpc) is 2.53. The van der Waals surface area contributed by atoms with Gasteiger partial charge < -0.3 is 5.32 Å². The maximum Gasteiger partial charge on any atom is 0.0118 e. The quantitative estimate of drug-likeness (QED) is 0.710. The second-order valence-electron chi connectivity index (χ2n) is 5.67. The number of hydrogen-bond acceptors (Lipinski definition) is 1. The second-order valence-corrected chi connectivity index (χ2v) is 5.67. The molecule has 0 spiro atoms. The molecule has 1 atom stereocenters. The normalized spacial score (nSPS) is 22.9. The molecule has 0 bridgehead atoms. The van der Waals surface area contributed by atoms with Gasteiger partial charge in [-0.15, -0.1) is 0 Å². The van der Waals surface area contributed by atoms with Crippen molar-refractivity contribution < 1.29 is 0 Å². The molecule has 14 heavy (non-hydrogen) atoms. The Bertz CT molecular complexity index is 157. The molecule has 84 valence electrons. The van der Waals surface area contributed by atoms with Crippen LogP contribution in [0.2, 0.25) is 0 Å². The number of nitrogens with one attached hydrogen (secondary N) is 1. The Hall–Kier alpha value is -0.0400. The summed E-state index contributed by atoms with van der Waals surface area (Å²) < 4.78 is 0. The lowest BCUT2D eigenvalue weighted by Gasteiger charge is -2.34. The molecule has 1 heteroatoms. The van der Waals surface area contributed by atoms with Crippen molar-refractivity contribution >= 4 is 0 Å². The monoisotopic (exact) mass is 197 g/mol. The van der Waals surface area contributed by atoms with Gasteiger partial charge in [0.05, 0.1) is 0 Å². The van der Waals surface area contributed by atoms with E-state index in [1.165, 1.54) is 38.5 Å². The topological polar surface area (TPSA) is 12.0 Å². The molecule has 0 aliphatic heterocycles. The molecule has 1 aliphatic carbocycles. The SMILES string of the molecule is CNC(CCC(C)C)C1(C)CCCC1. The maximum atomic E-state index is 3.54. The van der Waals surface area contributed by atoms with E-state index in [9.17, 15) is 0 Å².